The van der Waals surface area contributed by atoms with Crippen molar-refractivity contribution in [1.82, 2.24) is 19.2 Å². The first-order valence-corrected chi connectivity index (χ1v) is 12.6. The van der Waals surface area contributed by atoms with Crippen LogP contribution in [0.15, 0.2) is 24.3 Å². The SMILES string of the molecule is Cn1c(CNC(=O)[C@@H]2CN(S(=O)(=O)C3CC3)CC23CCCCC3)nc2ccccc21. The molecular weight excluding hydrogens is 400 g/mol. The zero-order valence-corrected chi connectivity index (χ0v) is 18.3. The Morgan fingerprint density at radius 2 is 1.93 bits per heavy atom. The van der Waals surface area contributed by atoms with Gasteiger partial charge in [0.25, 0.3) is 0 Å². The molecule has 7 nitrogen and oxygen atoms in total. The molecular formula is C22H30N4O3S. The summed E-state index contributed by atoms with van der Waals surface area (Å²) in [5.74, 6) is 0.501. The number of fused-ring (bicyclic) bond motifs is 1. The molecule has 1 aromatic heterocycles. The van der Waals surface area contributed by atoms with Gasteiger partial charge in [-0.1, -0.05) is 31.4 Å². The maximum absolute atomic E-state index is 13.3. The summed E-state index contributed by atoms with van der Waals surface area (Å²) in [7, 11) is -1.30. The largest absolute Gasteiger partial charge is 0.349 e. The van der Waals surface area contributed by atoms with Crippen molar-refractivity contribution < 1.29 is 13.2 Å². The van der Waals surface area contributed by atoms with E-state index in [0.717, 1.165) is 55.4 Å². The van der Waals surface area contributed by atoms with Gasteiger partial charge in [0.05, 0.1) is 28.7 Å². The lowest BCUT2D eigenvalue weighted by atomic mass is 9.67. The molecule has 0 bridgehead atoms. The van der Waals surface area contributed by atoms with Crippen LogP contribution in [0.3, 0.4) is 0 Å². The summed E-state index contributed by atoms with van der Waals surface area (Å²) in [6, 6.07) is 7.92. The van der Waals surface area contributed by atoms with Gasteiger partial charge in [0.15, 0.2) is 0 Å². The standard InChI is InChI=1S/C22H30N4O3S/c1-25-19-8-4-3-7-18(19)24-20(25)13-23-21(27)17-14-26(30(28,29)16-9-10-16)15-22(17)11-5-2-6-12-22/h3-4,7-8,16-17H,2,5-6,9-15H2,1H3,(H,23,27)/t17-/m0/s1. The lowest BCUT2D eigenvalue weighted by Crippen LogP contribution is -2.42. The Morgan fingerprint density at radius 1 is 1.20 bits per heavy atom. The molecule has 0 unspecified atom stereocenters. The number of para-hydroxylation sites is 2. The second-order valence-electron chi connectivity index (χ2n) is 9.31. The van der Waals surface area contributed by atoms with Crippen molar-refractivity contribution in [3.8, 4) is 0 Å². The van der Waals surface area contributed by atoms with Crippen molar-refractivity contribution in [3.63, 3.8) is 0 Å². The number of sulfonamides is 1. The Balaban J connectivity index is 1.35. The fourth-order valence-electron chi connectivity index (χ4n) is 5.46. The number of hydrogen-bond donors (Lipinski definition) is 1. The second-order valence-corrected chi connectivity index (χ2v) is 11.5. The lowest BCUT2D eigenvalue weighted by Gasteiger charge is -2.37. The topological polar surface area (TPSA) is 84.3 Å². The highest BCUT2D eigenvalue weighted by Gasteiger charge is 2.55. The van der Waals surface area contributed by atoms with Crippen LogP contribution in [0.5, 0.6) is 0 Å². The molecule has 1 aliphatic heterocycles. The fourth-order valence-corrected chi connectivity index (χ4v) is 7.41. The monoisotopic (exact) mass is 430 g/mol. The first kappa shape index (κ1) is 20.0. The number of amides is 1. The van der Waals surface area contributed by atoms with E-state index in [1.807, 2.05) is 35.9 Å². The van der Waals surface area contributed by atoms with E-state index in [1.165, 1.54) is 6.42 Å². The third kappa shape index (κ3) is 3.34. The number of nitrogens with one attached hydrogen (secondary N) is 1. The number of nitrogens with zero attached hydrogens (tertiary/aromatic N) is 3. The van der Waals surface area contributed by atoms with Gasteiger partial charge in [-0.25, -0.2) is 17.7 Å². The number of carbonyl (C=O) groups excluding carboxylic acids is 1. The van der Waals surface area contributed by atoms with Crippen LogP contribution in [0.4, 0.5) is 0 Å². The molecule has 1 N–H and O–H groups in total. The molecule has 3 fully saturated rings. The third-order valence-corrected chi connectivity index (χ3v) is 9.70. The highest BCUT2D eigenvalue weighted by atomic mass is 32.2. The van der Waals surface area contributed by atoms with Gasteiger partial charge in [-0.05, 0) is 43.2 Å². The van der Waals surface area contributed by atoms with Crippen molar-refractivity contribution in [3.05, 3.63) is 30.1 Å². The van der Waals surface area contributed by atoms with E-state index in [0.29, 0.717) is 19.6 Å². The first-order chi connectivity index (χ1) is 14.4. The third-order valence-electron chi connectivity index (χ3n) is 7.39. The predicted molar refractivity (Wildman–Crippen MR) is 115 cm³/mol. The molecule has 30 heavy (non-hydrogen) atoms. The minimum absolute atomic E-state index is 0.0301. The van der Waals surface area contributed by atoms with Crippen molar-refractivity contribution in [2.24, 2.45) is 18.4 Å². The smallest absolute Gasteiger partial charge is 0.225 e. The van der Waals surface area contributed by atoms with Gasteiger partial charge in [-0.15, -0.1) is 0 Å². The van der Waals surface area contributed by atoms with Gasteiger partial charge in [0.1, 0.15) is 5.82 Å². The fraction of sp³-hybridized carbons (Fsp3) is 0.636. The number of benzene rings is 1. The predicted octanol–water partition coefficient (Wildman–Crippen LogP) is 2.56. The number of rotatable bonds is 5. The average Bonchev–Trinajstić information content (AvgIpc) is 3.48. The minimum atomic E-state index is -3.26. The molecule has 1 aromatic carbocycles. The molecule has 2 saturated carbocycles. The zero-order chi connectivity index (χ0) is 20.9. The minimum Gasteiger partial charge on any atom is -0.349 e. The van der Waals surface area contributed by atoms with Crippen LogP contribution >= 0.6 is 0 Å². The zero-order valence-electron chi connectivity index (χ0n) is 17.5. The van der Waals surface area contributed by atoms with Crippen LogP contribution < -0.4 is 5.32 Å². The van der Waals surface area contributed by atoms with Gasteiger partial charge in [-0.2, -0.15) is 0 Å². The van der Waals surface area contributed by atoms with E-state index >= 15 is 0 Å². The summed E-state index contributed by atoms with van der Waals surface area (Å²) in [4.78, 5) is 17.9. The summed E-state index contributed by atoms with van der Waals surface area (Å²) in [6.45, 7) is 1.19. The molecule has 1 spiro atoms. The highest BCUT2D eigenvalue weighted by Crippen LogP contribution is 2.49. The second kappa shape index (κ2) is 7.34. The molecule has 1 saturated heterocycles. The van der Waals surface area contributed by atoms with Crippen molar-refractivity contribution in [2.75, 3.05) is 13.1 Å². The van der Waals surface area contributed by atoms with Crippen molar-refractivity contribution in [1.29, 1.82) is 0 Å². The molecule has 1 amide bonds. The van der Waals surface area contributed by atoms with Crippen LogP contribution in [-0.4, -0.2) is 46.5 Å². The quantitative estimate of drug-likeness (QED) is 0.790. The first-order valence-electron chi connectivity index (χ1n) is 11.1. The lowest BCUT2D eigenvalue weighted by molar-refractivity contribution is -0.128. The number of aromatic nitrogens is 2. The van der Waals surface area contributed by atoms with E-state index in [4.69, 9.17) is 0 Å². The Labute approximate surface area is 177 Å². The Morgan fingerprint density at radius 3 is 2.63 bits per heavy atom. The molecule has 5 rings (SSSR count). The van der Waals surface area contributed by atoms with Crippen LogP contribution in [-0.2, 0) is 28.4 Å². The highest BCUT2D eigenvalue weighted by molar-refractivity contribution is 7.90. The number of carbonyl (C=O) groups is 1. The van der Waals surface area contributed by atoms with Crippen molar-refractivity contribution >= 4 is 27.0 Å². The summed E-state index contributed by atoms with van der Waals surface area (Å²) in [5.41, 5.74) is 1.74. The van der Waals surface area contributed by atoms with E-state index in [9.17, 15) is 13.2 Å². The summed E-state index contributed by atoms with van der Waals surface area (Å²) in [5, 5.41) is 2.87. The van der Waals surface area contributed by atoms with Crippen LogP contribution in [0.1, 0.15) is 50.8 Å². The Hall–Kier alpha value is -1.93. The number of hydrogen-bond acceptors (Lipinski definition) is 4. The molecule has 8 heteroatoms. The van der Waals surface area contributed by atoms with Gasteiger partial charge >= 0.3 is 0 Å². The Bertz CT molecular complexity index is 1070. The molecule has 2 heterocycles. The van der Waals surface area contributed by atoms with Crippen LogP contribution in [0, 0.1) is 11.3 Å². The van der Waals surface area contributed by atoms with Gasteiger partial charge in [0.2, 0.25) is 15.9 Å². The van der Waals surface area contributed by atoms with Gasteiger partial charge in [0, 0.05) is 20.1 Å². The molecule has 162 valence electrons. The maximum Gasteiger partial charge on any atom is 0.225 e. The van der Waals surface area contributed by atoms with E-state index in [-0.39, 0.29) is 22.5 Å². The summed E-state index contributed by atoms with van der Waals surface area (Å²) < 4.78 is 29.4. The van der Waals surface area contributed by atoms with Crippen LogP contribution in [0.2, 0.25) is 0 Å². The molecule has 2 aliphatic carbocycles. The Kier molecular flexibility index (Phi) is 4.89. The number of imidazole rings is 1. The average molecular weight is 431 g/mol. The van der Waals surface area contributed by atoms with Gasteiger partial charge < -0.3 is 9.88 Å². The van der Waals surface area contributed by atoms with Gasteiger partial charge in [-0.3, -0.25) is 4.79 Å². The molecule has 1 atom stereocenters. The number of aryl methyl sites for hydroxylation is 1. The molecule has 2 aromatic rings. The normalized spacial score (nSPS) is 24.5. The maximum atomic E-state index is 13.3. The molecule has 3 aliphatic rings. The van der Waals surface area contributed by atoms with E-state index in [2.05, 4.69) is 10.3 Å². The van der Waals surface area contributed by atoms with E-state index in [1.54, 1.807) is 4.31 Å². The summed E-state index contributed by atoms with van der Waals surface area (Å²) in [6.07, 6.45) is 6.72. The summed E-state index contributed by atoms with van der Waals surface area (Å²) >= 11 is 0. The van der Waals surface area contributed by atoms with E-state index < -0.39 is 10.0 Å². The van der Waals surface area contributed by atoms with Crippen LogP contribution in [0.25, 0.3) is 11.0 Å². The van der Waals surface area contributed by atoms with Crippen molar-refractivity contribution in [2.45, 2.75) is 56.7 Å². The molecule has 0 radical (unpaired) electrons.